The maximum absolute atomic E-state index is 10.4. The number of phenols is 1. The van der Waals surface area contributed by atoms with E-state index in [0.29, 0.717) is 22.1 Å². The molecule has 0 saturated heterocycles. The summed E-state index contributed by atoms with van der Waals surface area (Å²) in [5.74, 6) is 0.301. The number of hydrogen-bond acceptors (Lipinski definition) is 3. The fraction of sp³-hybridized carbons (Fsp3) is 0.300. The van der Waals surface area contributed by atoms with Crippen LogP contribution in [0.1, 0.15) is 24.2 Å². The van der Waals surface area contributed by atoms with Gasteiger partial charge in [0.2, 0.25) is 0 Å². The molecular weight excluding hydrogens is 248 g/mol. The highest BCUT2D eigenvalue weighted by molar-refractivity contribution is 9.10. The van der Waals surface area contributed by atoms with E-state index in [1.54, 1.807) is 6.07 Å². The second-order valence-corrected chi connectivity index (χ2v) is 3.02. The monoisotopic (exact) mass is 260 g/mol. The summed E-state index contributed by atoms with van der Waals surface area (Å²) < 4.78 is 5.43. The van der Waals surface area contributed by atoms with Crippen molar-refractivity contribution in [2.75, 3.05) is 7.11 Å². The van der Waals surface area contributed by atoms with Crippen LogP contribution in [0.4, 0.5) is 0 Å². The third-order valence-corrected chi connectivity index (χ3v) is 2.11. The molecule has 0 aliphatic rings. The van der Waals surface area contributed by atoms with Gasteiger partial charge in [-0.3, -0.25) is 4.79 Å². The van der Waals surface area contributed by atoms with Gasteiger partial charge in [-0.15, -0.1) is 0 Å². The van der Waals surface area contributed by atoms with Gasteiger partial charge in [-0.2, -0.15) is 0 Å². The Labute approximate surface area is 91.8 Å². The van der Waals surface area contributed by atoms with Gasteiger partial charge in [0.15, 0.2) is 17.8 Å². The lowest BCUT2D eigenvalue weighted by molar-refractivity contribution is 0.112. The number of rotatable bonds is 2. The van der Waals surface area contributed by atoms with Crippen LogP contribution in [0.15, 0.2) is 16.6 Å². The number of hydrogen-bond donors (Lipinski definition) is 1. The average molecular weight is 261 g/mol. The molecule has 0 heterocycles. The number of phenolic OH excluding ortho intramolecular Hbond substituents is 1. The van der Waals surface area contributed by atoms with Gasteiger partial charge in [0.1, 0.15) is 0 Å². The average Bonchev–Trinajstić information content (AvgIpc) is 2.23. The van der Waals surface area contributed by atoms with Gasteiger partial charge in [0, 0.05) is 10.0 Å². The van der Waals surface area contributed by atoms with Crippen molar-refractivity contribution in [3.05, 3.63) is 22.2 Å². The highest BCUT2D eigenvalue weighted by atomic mass is 79.9. The minimum absolute atomic E-state index is 0.0391. The molecule has 1 rings (SSSR count). The first-order valence-corrected chi connectivity index (χ1v) is 5.00. The second-order valence-electron chi connectivity index (χ2n) is 2.16. The summed E-state index contributed by atoms with van der Waals surface area (Å²) in [6.45, 7) is 4.00. The molecule has 14 heavy (non-hydrogen) atoms. The normalized spacial score (nSPS) is 8.57. The van der Waals surface area contributed by atoms with E-state index in [1.165, 1.54) is 13.2 Å². The van der Waals surface area contributed by atoms with E-state index in [-0.39, 0.29) is 5.75 Å². The van der Waals surface area contributed by atoms with Crippen LogP contribution in [0, 0.1) is 0 Å². The molecule has 0 unspecified atom stereocenters. The van der Waals surface area contributed by atoms with Crippen molar-refractivity contribution in [1.82, 2.24) is 0 Å². The van der Waals surface area contributed by atoms with E-state index >= 15 is 0 Å². The summed E-state index contributed by atoms with van der Waals surface area (Å²) in [4.78, 5) is 10.4. The van der Waals surface area contributed by atoms with Crippen LogP contribution < -0.4 is 4.74 Å². The Kier molecular flexibility index (Phi) is 5.95. The second kappa shape index (κ2) is 6.43. The highest BCUT2D eigenvalue weighted by Crippen LogP contribution is 2.31. The first kappa shape index (κ1) is 13.0. The quantitative estimate of drug-likeness (QED) is 0.832. The van der Waals surface area contributed by atoms with Gasteiger partial charge < -0.3 is 9.84 Å². The van der Waals surface area contributed by atoms with Crippen LogP contribution in [-0.4, -0.2) is 18.5 Å². The fourth-order valence-corrected chi connectivity index (χ4v) is 1.23. The number of carbonyl (C=O) groups excluding carboxylic acids is 1. The summed E-state index contributed by atoms with van der Waals surface area (Å²) >= 11 is 3.16. The Morgan fingerprint density at radius 1 is 1.43 bits per heavy atom. The van der Waals surface area contributed by atoms with Gasteiger partial charge in [0.05, 0.1) is 7.11 Å². The molecule has 0 aliphatic carbocycles. The third kappa shape index (κ3) is 3.03. The number of aldehydes is 1. The van der Waals surface area contributed by atoms with E-state index < -0.39 is 0 Å². The van der Waals surface area contributed by atoms with Crippen LogP contribution >= 0.6 is 15.9 Å². The number of ether oxygens (including phenoxy) is 1. The Morgan fingerprint density at radius 3 is 2.43 bits per heavy atom. The lowest BCUT2D eigenvalue weighted by Gasteiger charge is -2.04. The molecule has 1 aromatic rings. The molecule has 0 aliphatic heterocycles. The molecule has 1 aromatic carbocycles. The number of aromatic hydroxyl groups is 1. The standard InChI is InChI=1S/C8H7BrO3.C2H6/c1-12-8-3-6(9)5(4-10)2-7(8)11;1-2/h2-4,11H,1H3;1-2H3. The van der Waals surface area contributed by atoms with E-state index in [1.807, 2.05) is 13.8 Å². The Hall–Kier alpha value is -1.03. The maximum Gasteiger partial charge on any atom is 0.161 e. The van der Waals surface area contributed by atoms with E-state index in [0.717, 1.165) is 0 Å². The van der Waals surface area contributed by atoms with E-state index in [9.17, 15) is 9.90 Å². The molecule has 0 atom stereocenters. The van der Waals surface area contributed by atoms with Gasteiger partial charge in [-0.25, -0.2) is 0 Å². The largest absolute Gasteiger partial charge is 0.504 e. The lowest BCUT2D eigenvalue weighted by atomic mass is 10.2. The number of benzene rings is 1. The molecule has 0 bridgehead atoms. The summed E-state index contributed by atoms with van der Waals surface area (Å²) in [7, 11) is 1.45. The smallest absolute Gasteiger partial charge is 0.161 e. The van der Waals surface area contributed by atoms with Crippen LogP contribution in [0.3, 0.4) is 0 Å². The topological polar surface area (TPSA) is 46.5 Å². The number of halogens is 1. The van der Waals surface area contributed by atoms with Crippen LogP contribution in [-0.2, 0) is 0 Å². The van der Waals surface area contributed by atoms with Crippen molar-refractivity contribution in [2.24, 2.45) is 0 Å². The van der Waals surface area contributed by atoms with Gasteiger partial charge in [-0.05, 0) is 28.1 Å². The summed E-state index contributed by atoms with van der Waals surface area (Å²) in [5, 5.41) is 9.24. The van der Waals surface area contributed by atoms with Crippen LogP contribution in [0.5, 0.6) is 11.5 Å². The van der Waals surface area contributed by atoms with E-state index in [2.05, 4.69) is 15.9 Å². The molecule has 4 heteroatoms. The predicted octanol–water partition coefficient (Wildman–Crippen LogP) is 3.00. The molecule has 3 nitrogen and oxygen atoms in total. The minimum atomic E-state index is -0.0391. The van der Waals surface area contributed by atoms with Crippen molar-refractivity contribution in [3.8, 4) is 11.5 Å². The first-order chi connectivity index (χ1) is 6.69. The third-order valence-electron chi connectivity index (χ3n) is 1.43. The van der Waals surface area contributed by atoms with E-state index in [4.69, 9.17) is 4.74 Å². The van der Waals surface area contributed by atoms with Crippen molar-refractivity contribution in [2.45, 2.75) is 13.8 Å². The van der Waals surface area contributed by atoms with Crippen LogP contribution in [0.2, 0.25) is 0 Å². The fourth-order valence-electron chi connectivity index (χ4n) is 0.814. The van der Waals surface area contributed by atoms with Crippen molar-refractivity contribution in [1.29, 1.82) is 0 Å². The Morgan fingerprint density at radius 2 is 2.00 bits per heavy atom. The Bertz CT molecular complexity index is 310. The van der Waals surface area contributed by atoms with Crippen molar-refractivity contribution in [3.63, 3.8) is 0 Å². The minimum Gasteiger partial charge on any atom is -0.504 e. The van der Waals surface area contributed by atoms with Crippen LogP contribution in [0.25, 0.3) is 0 Å². The molecule has 78 valence electrons. The maximum atomic E-state index is 10.4. The Balaban J connectivity index is 0.000000791. The first-order valence-electron chi connectivity index (χ1n) is 4.20. The summed E-state index contributed by atoms with van der Waals surface area (Å²) in [6, 6.07) is 2.88. The molecule has 0 amide bonds. The lowest BCUT2D eigenvalue weighted by Crippen LogP contribution is -1.87. The molecular formula is C10H13BrO3. The molecule has 0 spiro atoms. The van der Waals surface area contributed by atoms with Crippen molar-refractivity contribution < 1.29 is 14.6 Å². The highest BCUT2D eigenvalue weighted by Gasteiger charge is 2.06. The summed E-state index contributed by atoms with van der Waals surface area (Å²) in [6.07, 6.45) is 0.656. The number of carbonyl (C=O) groups is 1. The van der Waals surface area contributed by atoms with Gasteiger partial charge >= 0.3 is 0 Å². The van der Waals surface area contributed by atoms with Crippen molar-refractivity contribution >= 4 is 22.2 Å². The molecule has 0 saturated carbocycles. The molecule has 0 fully saturated rings. The zero-order valence-electron chi connectivity index (χ0n) is 8.37. The summed E-state index contributed by atoms with van der Waals surface area (Å²) in [5.41, 5.74) is 0.397. The number of methoxy groups -OCH3 is 1. The predicted molar refractivity (Wildman–Crippen MR) is 59.1 cm³/mol. The van der Waals surface area contributed by atoms with Gasteiger partial charge in [0.25, 0.3) is 0 Å². The SMILES string of the molecule is CC.COc1cc(Br)c(C=O)cc1O. The van der Waals surface area contributed by atoms with Gasteiger partial charge in [-0.1, -0.05) is 13.8 Å². The molecule has 1 N–H and O–H groups in total. The zero-order chi connectivity index (χ0) is 11.1. The zero-order valence-corrected chi connectivity index (χ0v) is 9.96. The molecule has 0 radical (unpaired) electrons. The molecule has 0 aromatic heterocycles.